The van der Waals surface area contributed by atoms with E-state index in [0.29, 0.717) is 12.2 Å². The zero-order valence-electron chi connectivity index (χ0n) is 11.9. The van der Waals surface area contributed by atoms with E-state index in [9.17, 15) is 5.11 Å². The Hall–Kier alpha value is -0.303. The summed E-state index contributed by atoms with van der Waals surface area (Å²) in [5.41, 5.74) is 3.32. The molecule has 1 heterocycles. The van der Waals surface area contributed by atoms with Gasteiger partial charge in [-0.2, -0.15) is 0 Å². The van der Waals surface area contributed by atoms with E-state index in [4.69, 9.17) is 4.74 Å². The fourth-order valence-corrected chi connectivity index (χ4v) is 3.24. The maximum absolute atomic E-state index is 9.50. The number of aliphatic hydroxyl groups is 1. The molecule has 3 rings (SSSR count). The molecule has 18 heavy (non-hydrogen) atoms. The molecule has 3 heteroatoms. The minimum absolute atomic E-state index is 0.145. The Morgan fingerprint density at radius 1 is 1.00 bits per heavy atom. The number of rotatable bonds is 0. The van der Waals surface area contributed by atoms with Gasteiger partial charge < -0.3 is 9.84 Å². The lowest BCUT2D eigenvalue weighted by Gasteiger charge is -2.08. The van der Waals surface area contributed by atoms with Crippen molar-refractivity contribution in [1.82, 2.24) is 0 Å². The molecule has 2 aliphatic carbocycles. The Morgan fingerprint density at radius 3 is 1.94 bits per heavy atom. The van der Waals surface area contributed by atoms with Crippen LogP contribution in [0.3, 0.4) is 0 Å². The van der Waals surface area contributed by atoms with Crippen LogP contribution in [-0.2, 0) is 4.74 Å². The molecule has 3 fully saturated rings. The minimum Gasteiger partial charge on any atom is -0.392 e. The molecule has 0 amide bonds. The Balaban J connectivity index is 0.000000164. The zero-order valence-corrected chi connectivity index (χ0v) is 12.9. The summed E-state index contributed by atoms with van der Waals surface area (Å²) >= 11 is 0. The Kier molecular flexibility index (Phi) is 4.53. The van der Waals surface area contributed by atoms with Gasteiger partial charge in [0.25, 0.3) is 0 Å². The van der Waals surface area contributed by atoms with E-state index in [1.54, 1.807) is 0 Å². The number of ether oxygens (including phenoxy) is 1. The second-order valence-electron chi connectivity index (χ2n) is 6.77. The third-order valence-electron chi connectivity index (χ3n) is 3.78. The maximum atomic E-state index is 9.50. The van der Waals surface area contributed by atoms with Crippen LogP contribution >= 0.6 is 0 Å². The van der Waals surface area contributed by atoms with E-state index < -0.39 is 8.07 Å². The molecule has 2 saturated carbocycles. The molecule has 3 aliphatic rings. The van der Waals surface area contributed by atoms with Crippen molar-refractivity contribution in [3.63, 3.8) is 0 Å². The average molecular weight is 266 g/mol. The largest absolute Gasteiger partial charge is 0.392 e. The molecular formula is C15H26O2Si. The molecule has 0 aromatic carbocycles. The lowest BCUT2D eigenvalue weighted by Crippen LogP contribution is -2.18. The zero-order chi connectivity index (χ0) is 13.2. The summed E-state index contributed by atoms with van der Waals surface area (Å²) in [5.74, 6) is 3.51. The predicted octanol–water partition coefficient (Wildman–Crippen LogP) is 2.97. The van der Waals surface area contributed by atoms with Gasteiger partial charge in [-0.15, -0.1) is 11.5 Å². The second-order valence-corrected chi connectivity index (χ2v) is 11.5. The molecule has 1 aliphatic heterocycles. The summed E-state index contributed by atoms with van der Waals surface area (Å²) in [6, 6.07) is 0. The molecular weight excluding hydrogens is 240 g/mol. The van der Waals surface area contributed by atoms with Crippen molar-refractivity contribution >= 4 is 8.07 Å². The molecule has 0 aromatic rings. The normalized spacial score (nSPS) is 37.1. The van der Waals surface area contributed by atoms with E-state index in [1.165, 1.54) is 19.3 Å². The lowest BCUT2D eigenvalue weighted by atomic mass is 10.1. The summed E-state index contributed by atoms with van der Waals surface area (Å²) in [6.07, 6.45) is 8.56. The van der Waals surface area contributed by atoms with Crippen molar-refractivity contribution in [2.75, 3.05) is 0 Å². The third kappa shape index (κ3) is 4.42. The number of hydrogen-bond donors (Lipinski definition) is 1. The molecule has 1 N–H and O–H groups in total. The molecule has 2 nitrogen and oxygen atoms in total. The van der Waals surface area contributed by atoms with Crippen molar-refractivity contribution in [1.29, 1.82) is 0 Å². The van der Waals surface area contributed by atoms with Gasteiger partial charge in [0.2, 0.25) is 0 Å². The fraction of sp³-hybridized carbons (Fsp3) is 0.867. The Bertz CT molecular complexity index is 329. The highest BCUT2D eigenvalue weighted by molar-refractivity contribution is 6.83. The summed E-state index contributed by atoms with van der Waals surface area (Å²) in [7, 11) is -1.23. The molecule has 0 bridgehead atoms. The van der Waals surface area contributed by atoms with Crippen molar-refractivity contribution in [2.24, 2.45) is 5.92 Å². The average Bonchev–Trinajstić information content (AvgIpc) is 2.72. The van der Waals surface area contributed by atoms with Gasteiger partial charge in [0, 0.05) is 5.92 Å². The van der Waals surface area contributed by atoms with Crippen LogP contribution in [0.2, 0.25) is 19.6 Å². The second kappa shape index (κ2) is 5.77. The molecule has 4 atom stereocenters. The third-order valence-corrected chi connectivity index (χ3v) is 4.67. The molecule has 0 aromatic heterocycles. The van der Waals surface area contributed by atoms with Crippen molar-refractivity contribution in [3.05, 3.63) is 0 Å². The van der Waals surface area contributed by atoms with Gasteiger partial charge in [-0.1, -0.05) is 19.6 Å². The van der Waals surface area contributed by atoms with Gasteiger partial charge in [-0.25, -0.2) is 0 Å². The van der Waals surface area contributed by atoms with Gasteiger partial charge >= 0.3 is 0 Å². The van der Waals surface area contributed by atoms with Crippen LogP contribution < -0.4 is 0 Å². The summed E-state index contributed by atoms with van der Waals surface area (Å²) in [6.45, 7) is 6.71. The van der Waals surface area contributed by atoms with Gasteiger partial charge in [0.1, 0.15) is 8.07 Å². The fourth-order valence-electron chi connectivity index (χ4n) is 2.63. The van der Waals surface area contributed by atoms with Gasteiger partial charge in [0.05, 0.1) is 18.3 Å². The van der Waals surface area contributed by atoms with Crippen LogP contribution in [0.5, 0.6) is 0 Å². The monoisotopic (exact) mass is 266 g/mol. The molecule has 0 spiro atoms. The van der Waals surface area contributed by atoms with Crippen LogP contribution in [0.4, 0.5) is 0 Å². The first kappa shape index (κ1) is 14.1. The SMILES string of the molecule is C1CC2OC2C1.C[Si](C)(C)C#CC1CCC[C@H]1O. The van der Waals surface area contributed by atoms with Crippen molar-refractivity contribution in [3.8, 4) is 11.5 Å². The number of fused-ring (bicyclic) bond motifs is 1. The van der Waals surface area contributed by atoms with Crippen LogP contribution in [0.25, 0.3) is 0 Å². The van der Waals surface area contributed by atoms with Gasteiger partial charge in [0.15, 0.2) is 0 Å². The molecule has 3 unspecified atom stereocenters. The van der Waals surface area contributed by atoms with E-state index in [0.717, 1.165) is 19.3 Å². The van der Waals surface area contributed by atoms with Gasteiger partial charge in [-0.3, -0.25) is 0 Å². The standard InChI is InChI=1S/C10H18OSi.C5H8O/c1-12(2,3)8-7-9-5-4-6-10(9)11;1-2-4-5(3-1)6-4/h9-11H,4-6H2,1-3H3;4-5H,1-3H2/t9?,10-;/m1./s1. The maximum Gasteiger partial charge on any atom is 0.129 e. The number of aliphatic hydroxyl groups excluding tert-OH is 1. The topological polar surface area (TPSA) is 32.8 Å². The first-order valence-electron chi connectivity index (χ1n) is 7.32. The molecule has 102 valence electrons. The minimum atomic E-state index is -1.23. The highest BCUT2D eigenvalue weighted by atomic mass is 28.3. The van der Waals surface area contributed by atoms with Crippen LogP contribution in [0.1, 0.15) is 38.5 Å². The van der Waals surface area contributed by atoms with E-state index in [-0.39, 0.29) is 12.0 Å². The lowest BCUT2D eigenvalue weighted by molar-refractivity contribution is 0.157. The van der Waals surface area contributed by atoms with Crippen molar-refractivity contribution < 1.29 is 9.84 Å². The Labute approximate surface area is 112 Å². The first-order valence-corrected chi connectivity index (χ1v) is 10.8. The number of epoxide rings is 1. The molecule has 1 saturated heterocycles. The smallest absolute Gasteiger partial charge is 0.129 e. The quantitative estimate of drug-likeness (QED) is 0.415. The van der Waals surface area contributed by atoms with E-state index in [1.807, 2.05) is 0 Å². The summed E-state index contributed by atoms with van der Waals surface area (Å²) in [4.78, 5) is 0. The van der Waals surface area contributed by atoms with Crippen LogP contribution in [0, 0.1) is 17.4 Å². The van der Waals surface area contributed by atoms with E-state index >= 15 is 0 Å². The van der Waals surface area contributed by atoms with Crippen LogP contribution in [0.15, 0.2) is 0 Å². The number of hydrogen-bond acceptors (Lipinski definition) is 2. The highest BCUT2D eigenvalue weighted by Crippen LogP contribution is 2.37. The molecule has 0 radical (unpaired) electrons. The first-order chi connectivity index (χ1) is 8.46. The van der Waals surface area contributed by atoms with E-state index in [2.05, 4.69) is 31.1 Å². The Morgan fingerprint density at radius 2 is 1.61 bits per heavy atom. The van der Waals surface area contributed by atoms with Gasteiger partial charge in [-0.05, 0) is 38.5 Å². The van der Waals surface area contributed by atoms with Crippen molar-refractivity contribution in [2.45, 2.75) is 76.5 Å². The predicted molar refractivity (Wildman–Crippen MR) is 77.0 cm³/mol. The summed E-state index contributed by atoms with van der Waals surface area (Å²) < 4.78 is 5.15. The van der Waals surface area contributed by atoms with Crippen LogP contribution in [-0.4, -0.2) is 31.5 Å². The highest BCUT2D eigenvalue weighted by Gasteiger charge is 2.42. The summed E-state index contributed by atoms with van der Waals surface area (Å²) in [5, 5.41) is 9.50.